The van der Waals surface area contributed by atoms with Crippen LogP contribution in [0.25, 0.3) is 11.1 Å². The normalized spacial score (nSPS) is 9.47. The lowest BCUT2D eigenvalue weighted by molar-refractivity contribution is 0.102. The Labute approximate surface area is 119 Å². The summed E-state index contributed by atoms with van der Waals surface area (Å²) >= 11 is 3.17. The Morgan fingerprint density at radius 2 is 1.82 bits per heavy atom. The van der Waals surface area contributed by atoms with Crippen LogP contribution in [0.2, 0.25) is 0 Å². The lowest BCUT2D eigenvalue weighted by Gasteiger charge is -2.05. The van der Waals surface area contributed by atoms with Gasteiger partial charge in [0.2, 0.25) is 0 Å². The van der Waals surface area contributed by atoms with Crippen molar-refractivity contribution < 1.29 is 4.79 Å². The Balaban J connectivity index is 0.00000144. The molecule has 0 saturated carbocycles. The molecule has 88 valence electrons. The largest absolute Gasteiger partial charge is 0.291 e. The van der Waals surface area contributed by atoms with Crippen molar-refractivity contribution in [3.05, 3.63) is 54.4 Å². The number of nitrogens with zero attached hydrogens (tertiary/aromatic N) is 1. The van der Waals surface area contributed by atoms with Crippen LogP contribution in [-0.4, -0.2) is 16.1 Å². The highest BCUT2D eigenvalue weighted by atomic mass is 79.9. The number of carbonyl (C=O) groups excluding carboxylic acids is 1. The molecule has 0 atom stereocenters. The molecule has 0 saturated heterocycles. The average Bonchev–Trinajstić information content (AvgIpc) is 2.39. The van der Waals surface area contributed by atoms with Gasteiger partial charge in [0.15, 0.2) is 5.78 Å². The van der Waals surface area contributed by atoms with E-state index in [1.807, 2.05) is 42.5 Å². The van der Waals surface area contributed by atoms with Gasteiger partial charge in [-0.3, -0.25) is 9.78 Å². The molecule has 0 N–H and O–H groups in total. The minimum Gasteiger partial charge on any atom is -0.291 e. The van der Waals surface area contributed by atoms with Gasteiger partial charge in [0.05, 0.1) is 5.33 Å². The van der Waals surface area contributed by atoms with Crippen molar-refractivity contribution in [2.24, 2.45) is 0 Å². The van der Waals surface area contributed by atoms with Crippen molar-refractivity contribution in [3.63, 3.8) is 0 Å². The molecule has 17 heavy (non-hydrogen) atoms. The summed E-state index contributed by atoms with van der Waals surface area (Å²) in [6.45, 7) is 0. The van der Waals surface area contributed by atoms with E-state index >= 15 is 0 Å². The SMILES string of the molecule is Br.O=C(CBr)c1ncccc1-c1ccccc1. The van der Waals surface area contributed by atoms with Crippen LogP contribution in [0.3, 0.4) is 0 Å². The van der Waals surface area contributed by atoms with Gasteiger partial charge in [-0.1, -0.05) is 52.3 Å². The zero-order valence-electron chi connectivity index (χ0n) is 8.97. The third kappa shape index (κ3) is 3.23. The highest BCUT2D eigenvalue weighted by Gasteiger charge is 2.12. The maximum absolute atomic E-state index is 11.7. The standard InChI is InChI=1S/C13H10BrNO.BrH/c14-9-12(16)13-11(7-4-8-15-13)10-5-2-1-3-6-10;/h1-8H,9H2;1H. The highest BCUT2D eigenvalue weighted by molar-refractivity contribution is 9.09. The summed E-state index contributed by atoms with van der Waals surface area (Å²) in [6.07, 6.45) is 1.64. The van der Waals surface area contributed by atoms with Crippen LogP contribution in [0.5, 0.6) is 0 Å². The predicted octanol–water partition coefficient (Wildman–Crippen LogP) is 3.90. The molecular weight excluding hydrogens is 346 g/mol. The third-order valence-electron chi connectivity index (χ3n) is 2.28. The fourth-order valence-corrected chi connectivity index (χ4v) is 1.81. The molecule has 0 aliphatic heterocycles. The molecule has 0 bridgehead atoms. The molecule has 1 heterocycles. The monoisotopic (exact) mass is 355 g/mol. The molecule has 0 aliphatic carbocycles. The maximum atomic E-state index is 11.7. The van der Waals surface area contributed by atoms with E-state index in [4.69, 9.17) is 0 Å². The maximum Gasteiger partial charge on any atom is 0.192 e. The lowest BCUT2D eigenvalue weighted by atomic mass is 10.0. The average molecular weight is 357 g/mol. The Morgan fingerprint density at radius 1 is 1.12 bits per heavy atom. The molecular formula is C13H11Br2NO. The molecule has 1 aromatic heterocycles. The number of rotatable bonds is 3. The van der Waals surface area contributed by atoms with Crippen molar-refractivity contribution in [2.75, 3.05) is 5.33 Å². The second-order valence-corrected chi connectivity index (χ2v) is 3.88. The number of aromatic nitrogens is 1. The van der Waals surface area contributed by atoms with E-state index < -0.39 is 0 Å². The summed E-state index contributed by atoms with van der Waals surface area (Å²) in [5.41, 5.74) is 2.41. The minimum atomic E-state index is -0.000506. The van der Waals surface area contributed by atoms with Crippen LogP contribution in [0.1, 0.15) is 10.5 Å². The number of halogens is 2. The van der Waals surface area contributed by atoms with Gasteiger partial charge in [0.1, 0.15) is 5.69 Å². The first-order valence-electron chi connectivity index (χ1n) is 4.92. The number of hydrogen-bond donors (Lipinski definition) is 0. The number of ketones is 1. The van der Waals surface area contributed by atoms with Crippen LogP contribution in [0.15, 0.2) is 48.7 Å². The summed E-state index contributed by atoms with van der Waals surface area (Å²) in [5.74, 6) is -0.000506. The number of carbonyl (C=O) groups is 1. The summed E-state index contributed by atoms with van der Waals surface area (Å²) in [6, 6.07) is 13.6. The summed E-state index contributed by atoms with van der Waals surface area (Å²) in [4.78, 5) is 15.8. The molecule has 0 fully saturated rings. The quantitative estimate of drug-likeness (QED) is 0.616. The molecule has 0 spiro atoms. The smallest absolute Gasteiger partial charge is 0.192 e. The van der Waals surface area contributed by atoms with Crippen molar-refractivity contribution in [1.29, 1.82) is 0 Å². The van der Waals surface area contributed by atoms with E-state index in [2.05, 4.69) is 20.9 Å². The molecule has 2 rings (SSSR count). The molecule has 1 aromatic carbocycles. The van der Waals surface area contributed by atoms with Gasteiger partial charge < -0.3 is 0 Å². The van der Waals surface area contributed by atoms with Crippen molar-refractivity contribution in [3.8, 4) is 11.1 Å². The minimum absolute atomic E-state index is 0. The fourth-order valence-electron chi connectivity index (χ4n) is 1.54. The van der Waals surface area contributed by atoms with Crippen LogP contribution in [0, 0.1) is 0 Å². The summed E-state index contributed by atoms with van der Waals surface area (Å²) in [7, 11) is 0. The zero-order valence-corrected chi connectivity index (χ0v) is 12.3. The Kier molecular flexibility index (Phi) is 5.51. The van der Waals surface area contributed by atoms with E-state index in [1.54, 1.807) is 6.20 Å². The van der Waals surface area contributed by atoms with Gasteiger partial charge in [-0.2, -0.15) is 0 Å². The number of alkyl halides is 1. The number of Topliss-reactive ketones (excluding diaryl/α,β-unsaturated/α-hetero) is 1. The number of pyridine rings is 1. The van der Waals surface area contributed by atoms with E-state index in [1.165, 1.54) is 0 Å². The van der Waals surface area contributed by atoms with Gasteiger partial charge in [-0.15, -0.1) is 17.0 Å². The Morgan fingerprint density at radius 3 is 2.47 bits per heavy atom. The predicted molar refractivity (Wildman–Crippen MR) is 78.1 cm³/mol. The number of hydrogen-bond acceptors (Lipinski definition) is 2. The number of benzene rings is 1. The van der Waals surface area contributed by atoms with Gasteiger partial charge in [-0.25, -0.2) is 0 Å². The lowest BCUT2D eigenvalue weighted by Crippen LogP contribution is -2.05. The van der Waals surface area contributed by atoms with Gasteiger partial charge >= 0.3 is 0 Å². The Hall–Kier alpha value is -1.00. The third-order valence-corrected chi connectivity index (χ3v) is 2.79. The second-order valence-electron chi connectivity index (χ2n) is 3.32. The molecule has 4 heteroatoms. The van der Waals surface area contributed by atoms with Crippen LogP contribution in [-0.2, 0) is 0 Å². The van der Waals surface area contributed by atoms with Crippen LogP contribution in [0.4, 0.5) is 0 Å². The molecule has 0 amide bonds. The molecule has 0 unspecified atom stereocenters. The van der Waals surface area contributed by atoms with Gasteiger partial charge in [-0.05, 0) is 11.6 Å². The first-order valence-corrected chi connectivity index (χ1v) is 6.04. The molecule has 0 aliphatic rings. The van der Waals surface area contributed by atoms with E-state index in [0.717, 1.165) is 11.1 Å². The zero-order chi connectivity index (χ0) is 11.4. The van der Waals surface area contributed by atoms with E-state index in [0.29, 0.717) is 11.0 Å². The Bertz CT molecular complexity index is 500. The van der Waals surface area contributed by atoms with Crippen molar-refractivity contribution in [2.45, 2.75) is 0 Å². The fraction of sp³-hybridized carbons (Fsp3) is 0.0769. The van der Waals surface area contributed by atoms with E-state index in [-0.39, 0.29) is 22.8 Å². The van der Waals surface area contributed by atoms with E-state index in [9.17, 15) is 4.79 Å². The first kappa shape index (κ1) is 14.1. The van der Waals surface area contributed by atoms with Crippen LogP contribution >= 0.6 is 32.9 Å². The van der Waals surface area contributed by atoms with Gasteiger partial charge in [0, 0.05) is 11.8 Å². The summed E-state index contributed by atoms with van der Waals surface area (Å²) in [5, 5.41) is 0.295. The van der Waals surface area contributed by atoms with Crippen molar-refractivity contribution in [1.82, 2.24) is 4.98 Å². The first-order chi connectivity index (χ1) is 7.83. The highest BCUT2D eigenvalue weighted by Crippen LogP contribution is 2.22. The molecule has 2 aromatic rings. The summed E-state index contributed by atoms with van der Waals surface area (Å²) < 4.78 is 0. The molecule has 2 nitrogen and oxygen atoms in total. The van der Waals surface area contributed by atoms with Crippen LogP contribution < -0.4 is 0 Å². The topological polar surface area (TPSA) is 30.0 Å². The van der Waals surface area contributed by atoms with Crippen molar-refractivity contribution >= 4 is 38.7 Å². The second kappa shape index (κ2) is 6.67. The van der Waals surface area contributed by atoms with Gasteiger partial charge in [0.25, 0.3) is 0 Å². The molecule has 0 radical (unpaired) electrons.